The van der Waals surface area contributed by atoms with Crippen molar-refractivity contribution in [2.45, 2.75) is 38.6 Å². The summed E-state index contributed by atoms with van der Waals surface area (Å²) in [5.74, 6) is -0.215. The smallest absolute Gasteiger partial charge is 0.267 e. The van der Waals surface area contributed by atoms with Crippen molar-refractivity contribution < 1.29 is 4.39 Å². The number of rotatable bonds is 5. The number of hydrogen-bond donors (Lipinski definition) is 2. The van der Waals surface area contributed by atoms with Gasteiger partial charge >= 0.3 is 0 Å². The second-order valence-corrected chi connectivity index (χ2v) is 5.72. The molecule has 1 aromatic carbocycles. The number of fused-ring (bicyclic) bond motifs is 1. The largest absolute Gasteiger partial charge is 0.312 e. The van der Waals surface area contributed by atoms with E-state index in [1.165, 1.54) is 12.1 Å². The Labute approximate surface area is 128 Å². The minimum Gasteiger partial charge on any atom is -0.312 e. The highest BCUT2D eigenvalue weighted by atomic mass is 19.1. The van der Waals surface area contributed by atoms with Gasteiger partial charge in [-0.1, -0.05) is 12.1 Å². The molecule has 1 aromatic heterocycles. The minimum absolute atomic E-state index is 0.0299. The van der Waals surface area contributed by atoms with Gasteiger partial charge in [0, 0.05) is 25.1 Å². The van der Waals surface area contributed by atoms with Gasteiger partial charge in [-0.2, -0.15) is 5.10 Å². The van der Waals surface area contributed by atoms with E-state index in [0.29, 0.717) is 6.54 Å². The normalized spacial score (nSPS) is 13.9. The number of halogens is 1. The fraction of sp³-hybridized carbons (Fsp3) is 0.412. The van der Waals surface area contributed by atoms with Gasteiger partial charge in [0.05, 0.1) is 5.69 Å². The summed E-state index contributed by atoms with van der Waals surface area (Å²) in [4.78, 5) is 11.8. The Morgan fingerprint density at radius 1 is 1.14 bits per heavy atom. The highest BCUT2D eigenvalue weighted by Gasteiger charge is 2.17. The van der Waals surface area contributed by atoms with Crippen LogP contribution in [0.1, 0.15) is 35.2 Å². The van der Waals surface area contributed by atoms with E-state index in [-0.39, 0.29) is 11.4 Å². The predicted octanol–water partition coefficient (Wildman–Crippen LogP) is 2.12. The summed E-state index contributed by atoms with van der Waals surface area (Å²) in [7, 11) is 0. The van der Waals surface area contributed by atoms with E-state index in [2.05, 4.69) is 15.5 Å². The molecule has 4 nitrogen and oxygen atoms in total. The molecule has 0 spiro atoms. The molecule has 0 radical (unpaired) electrons. The second-order valence-electron chi connectivity index (χ2n) is 5.72. The molecular weight excluding hydrogens is 281 g/mol. The number of H-pyrrole nitrogens is 1. The Morgan fingerprint density at radius 3 is 2.64 bits per heavy atom. The lowest BCUT2D eigenvalue weighted by atomic mass is 9.91. The lowest BCUT2D eigenvalue weighted by molar-refractivity contribution is 0.621. The molecule has 0 saturated heterocycles. The Bertz CT molecular complexity index is 694. The van der Waals surface area contributed by atoms with Gasteiger partial charge in [-0.05, 0) is 48.9 Å². The van der Waals surface area contributed by atoms with E-state index in [1.807, 2.05) is 0 Å². The zero-order valence-electron chi connectivity index (χ0n) is 12.5. The Morgan fingerprint density at radius 2 is 1.86 bits per heavy atom. The molecule has 5 heteroatoms. The molecule has 0 saturated carbocycles. The molecule has 0 aliphatic heterocycles. The topological polar surface area (TPSA) is 57.8 Å². The van der Waals surface area contributed by atoms with Crippen molar-refractivity contribution in [2.24, 2.45) is 0 Å². The minimum atomic E-state index is -0.215. The van der Waals surface area contributed by atoms with Crippen LogP contribution in [-0.4, -0.2) is 16.7 Å². The fourth-order valence-corrected chi connectivity index (χ4v) is 2.98. The van der Waals surface area contributed by atoms with Gasteiger partial charge in [-0.25, -0.2) is 9.49 Å². The molecule has 2 aromatic rings. The van der Waals surface area contributed by atoms with E-state index >= 15 is 0 Å². The SMILES string of the molecule is O=c1[nH]nc(CCNCc2ccc(F)cc2)c2c1CCCC2. The highest BCUT2D eigenvalue weighted by Crippen LogP contribution is 2.20. The molecule has 0 unspecified atom stereocenters. The van der Waals surface area contributed by atoms with Crippen molar-refractivity contribution in [3.63, 3.8) is 0 Å². The van der Waals surface area contributed by atoms with Crippen LogP contribution in [0.4, 0.5) is 4.39 Å². The molecule has 22 heavy (non-hydrogen) atoms. The molecule has 1 aliphatic carbocycles. The highest BCUT2D eigenvalue weighted by molar-refractivity contribution is 5.30. The first-order valence-electron chi connectivity index (χ1n) is 7.78. The van der Waals surface area contributed by atoms with E-state index in [9.17, 15) is 9.18 Å². The molecule has 1 aliphatic rings. The van der Waals surface area contributed by atoms with E-state index in [0.717, 1.165) is 61.0 Å². The monoisotopic (exact) mass is 301 g/mol. The van der Waals surface area contributed by atoms with E-state index in [1.54, 1.807) is 12.1 Å². The van der Waals surface area contributed by atoms with Gasteiger partial charge < -0.3 is 5.32 Å². The quantitative estimate of drug-likeness (QED) is 0.832. The second kappa shape index (κ2) is 6.83. The standard InChI is InChI=1S/C17H20FN3O/c18-13-7-5-12(6-8-13)11-19-10-9-16-14-3-1-2-4-15(14)17(22)21-20-16/h5-8,19H,1-4,9-11H2,(H,21,22). The van der Waals surface area contributed by atoms with Gasteiger partial charge in [0.1, 0.15) is 5.82 Å². The number of nitrogens with one attached hydrogen (secondary N) is 2. The first kappa shape index (κ1) is 14.9. The van der Waals surface area contributed by atoms with Crippen LogP contribution < -0.4 is 10.9 Å². The van der Waals surface area contributed by atoms with Crippen molar-refractivity contribution in [3.8, 4) is 0 Å². The lowest BCUT2D eigenvalue weighted by Crippen LogP contribution is -2.25. The number of benzene rings is 1. The van der Waals surface area contributed by atoms with Gasteiger partial charge in [-0.3, -0.25) is 4.79 Å². The van der Waals surface area contributed by atoms with Crippen LogP contribution in [0.2, 0.25) is 0 Å². The fourth-order valence-electron chi connectivity index (χ4n) is 2.98. The maximum Gasteiger partial charge on any atom is 0.267 e. The van der Waals surface area contributed by atoms with E-state index < -0.39 is 0 Å². The van der Waals surface area contributed by atoms with Crippen molar-refractivity contribution in [1.82, 2.24) is 15.5 Å². The molecule has 2 N–H and O–H groups in total. The average Bonchev–Trinajstić information content (AvgIpc) is 2.55. The van der Waals surface area contributed by atoms with Crippen LogP contribution in [0.5, 0.6) is 0 Å². The van der Waals surface area contributed by atoms with Crippen LogP contribution in [0.25, 0.3) is 0 Å². The molecule has 3 rings (SSSR count). The average molecular weight is 301 g/mol. The molecule has 0 amide bonds. The van der Waals surface area contributed by atoms with Crippen LogP contribution >= 0.6 is 0 Å². The van der Waals surface area contributed by atoms with Crippen molar-refractivity contribution in [2.75, 3.05) is 6.54 Å². The van der Waals surface area contributed by atoms with Crippen molar-refractivity contribution in [3.05, 3.63) is 62.8 Å². The Kier molecular flexibility index (Phi) is 4.63. The Hall–Kier alpha value is -2.01. The molecule has 1 heterocycles. The number of aromatic amines is 1. The summed E-state index contributed by atoms with van der Waals surface area (Å²) in [6, 6.07) is 6.50. The first-order valence-corrected chi connectivity index (χ1v) is 7.78. The van der Waals surface area contributed by atoms with Gasteiger partial charge in [0.25, 0.3) is 5.56 Å². The summed E-state index contributed by atoms with van der Waals surface area (Å²) < 4.78 is 12.8. The number of aromatic nitrogens is 2. The van der Waals surface area contributed by atoms with Gasteiger partial charge in [-0.15, -0.1) is 0 Å². The van der Waals surface area contributed by atoms with Crippen molar-refractivity contribution >= 4 is 0 Å². The van der Waals surface area contributed by atoms with Gasteiger partial charge in [0.15, 0.2) is 0 Å². The molecular formula is C17H20FN3O. The summed E-state index contributed by atoms with van der Waals surface area (Å²) in [5.41, 5.74) is 4.10. The summed E-state index contributed by atoms with van der Waals surface area (Å²) in [5, 5.41) is 10.2. The van der Waals surface area contributed by atoms with Crippen LogP contribution in [0.3, 0.4) is 0 Å². The molecule has 0 bridgehead atoms. The summed E-state index contributed by atoms with van der Waals surface area (Å²) in [6.45, 7) is 1.48. The van der Waals surface area contributed by atoms with Crippen LogP contribution in [0.15, 0.2) is 29.1 Å². The number of hydrogen-bond acceptors (Lipinski definition) is 3. The van der Waals surface area contributed by atoms with E-state index in [4.69, 9.17) is 0 Å². The maximum absolute atomic E-state index is 12.8. The van der Waals surface area contributed by atoms with Gasteiger partial charge in [0.2, 0.25) is 0 Å². The first-order chi connectivity index (χ1) is 10.7. The maximum atomic E-state index is 12.8. The Balaban J connectivity index is 1.58. The summed E-state index contributed by atoms with van der Waals surface area (Å²) in [6.07, 6.45) is 4.83. The zero-order chi connectivity index (χ0) is 15.4. The predicted molar refractivity (Wildman–Crippen MR) is 83.3 cm³/mol. The molecule has 116 valence electrons. The van der Waals surface area contributed by atoms with Crippen LogP contribution in [0, 0.1) is 5.82 Å². The zero-order valence-corrected chi connectivity index (χ0v) is 12.5. The third kappa shape index (κ3) is 3.42. The van der Waals surface area contributed by atoms with Crippen LogP contribution in [-0.2, 0) is 25.8 Å². The van der Waals surface area contributed by atoms with Crippen molar-refractivity contribution in [1.29, 1.82) is 0 Å². The lowest BCUT2D eigenvalue weighted by Gasteiger charge is -2.17. The third-order valence-corrected chi connectivity index (χ3v) is 4.16. The molecule has 0 fully saturated rings. The third-order valence-electron chi connectivity index (χ3n) is 4.16. The number of nitrogens with zero attached hydrogens (tertiary/aromatic N) is 1. The summed E-state index contributed by atoms with van der Waals surface area (Å²) >= 11 is 0. The molecule has 0 atom stereocenters.